The van der Waals surface area contributed by atoms with Gasteiger partial charge in [-0.3, -0.25) is 0 Å². The number of hydrogen-bond donors (Lipinski definition) is 4. The van der Waals surface area contributed by atoms with Crippen molar-refractivity contribution < 1.29 is 14.4 Å². The van der Waals surface area contributed by atoms with E-state index in [9.17, 15) is 5.11 Å². The van der Waals surface area contributed by atoms with Crippen LogP contribution in [-0.4, -0.2) is 44.5 Å². The Balaban J connectivity index is 3.85. The average molecular weight is 353 g/mol. The minimum absolute atomic E-state index is 0.241. The van der Waals surface area contributed by atoms with Crippen molar-refractivity contribution in [3.8, 4) is 0 Å². The molecule has 0 aliphatic rings. The van der Waals surface area contributed by atoms with Gasteiger partial charge in [-0.25, -0.2) is 0 Å². The van der Waals surface area contributed by atoms with Gasteiger partial charge in [0, 0.05) is 0 Å². The second-order valence-electron chi connectivity index (χ2n) is 6.68. The number of unbranched alkanes of at least 4 members (excludes halogenated alkanes) is 10. The molecule has 25 heavy (non-hydrogen) atoms. The first-order valence-corrected chi connectivity index (χ1v) is 9.86. The van der Waals surface area contributed by atoms with Crippen molar-refractivity contribution in [1.29, 1.82) is 10.6 Å². The molecule has 0 bridgehead atoms. The zero-order valence-corrected chi connectivity index (χ0v) is 15.9. The topological polar surface area (TPSA) is 112 Å². The Bertz CT molecular complexity index is 326. The number of hydrogen-bond acceptors (Lipinski definition) is 6. The van der Waals surface area contributed by atoms with Gasteiger partial charge in [0.25, 0.3) is 0 Å². The van der Waals surface area contributed by atoms with Crippen LogP contribution in [0.4, 0.5) is 0 Å². The summed E-state index contributed by atoms with van der Waals surface area (Å²) in [5.41, 5.74) is 5.83. The van der Waals surface area contributed by atoms with Gasteiger partial charge in [-0.2, -0.15) is 0 Å². The molecule has 5 N–H and O–H groups in total. The maximum atomic E-state index is 9.22. The molecule has 8 heteroatoms. The molecule has 0 aliphatic heterocycles. The first kappa shape index (κ1) is 24.2. The van der Waals surface area contributed by atoms with E-state index in [1.54, 1.807) is 0 Å². The fourth-order valence-corrected chi connectivity index (χ4v) is 3.05. The third-order valence-electron chi connectivity index (χ3n) is 4.56. The Morgan fingerprint density at radius 3 is 1.76 bits per heavy atom. The van der Waals surface area contributed by atoms with Gasteiger partial charge in [0.05, 0.1) is 0 Å². The van der Waals surface area contributed by atoms with Crippen LogP contribution in [0, 0.1) is 10.6 Å². The molecule has 0 fully saturated rings. The van der Waals surface area contributed by atoms with E-state index >= 15 is 0 Å². The molecule has 0 unspecified atom stereocenters. The first-order chi connectivity index (χ1) is 12.2. The normalized spacial score (nSPS) is 14.2. The van der Waals surface area contributed by atoms with Crippen LogP contribution in [-0.2, 0) is 9.31 Å². The third-order valence-corrected chi connectivity index (χ3v) is 4.56. The van der Waals surface area contributed by atoms with E-state index in [1.165, 1.54) is 57.8 Å². The Kier molecular flexibility index (Phi) is 17.5. The van der Waals surface area contributed by atoms with Gasteiger partial charge >= 0.3 is 134 Å². The summed E-state index contributed by atoms with van der Waals surface area (Å²) in [6, 6.07) is -0.626. The van der Waals surface area contributed by atoms with Crippen LogP contribution in [0.5, 0.6) is 0 Å². The summed E-state index contributed by atoms with van der Waals surface area (Å²) >= 11 is 0. The average Bonchev–Trinajstić information content (AvgIpc) is 2.62. The van der Waals surface area contributed by atoms with Crippen LogP contribution in [0.1, 0.15) is 84.0 Å². The summed E-state index contributed by atoms with van der Waals surface area (Å²) in [5.74, 6) is 0. The fraction of sp³-hybridized carbons (Fsp3) is 1.00. The predicted molar refractivity (Wildman–Crippen MR) is 103 cm³/mol. The van der Waals surface area contributed by atoms with E-state index in [0.717, 1.165) is 27.4 Å². The number of aliphatic hydroxyl groups is 1. The molecule has 0 heterocycles. The zero-order chi connectivity index (χ0) is 18.8. The zero-order valence-electron chi connectivity index (χ0n) is 15.9. The van der Waals surface area contributed by atoms with Crippen molar-refractivity contribution in [2.75, 3.05) is 6.61 Å². The minimum atomic E-state index is -0.626. The van der Waals surface area contributed by atoms with E-state index in [0.29, 0.717) is 6.42 Å². The van der Waals surface area contributed by atoms with E-state index in [1.807, 2.05) is 0 Å². The number of nitrogens with two attached hydrogens (primary N) is 1. The van der Waals surface area contributed by atoms with Crippen LogP contribution in [0.25, 0.3) is 0 Å². The van der Waals surface area contributed by atoms with Gasteiger partial charge in [-0.05, 0) is 0 Å². The monoisotopic (exact) mass is 353 g/mol. The number of rotatable bonds is 19. The summed E-state index contributed by atoms with van der Waals surface area (Å²) in [6.45, 7) is 2.00. The van der Waals surface area contributed by atoms with Crippen molar-refractivity contribution in [2.24, 2.45) is 5.73 Å². The molecule has 6 nitrogen and oxygen atoms in total. The molecule has 0 radical (unpaired) electrons. The van der Waals surface area contributed by atoms with Crippen molar-refractivity contribution in [1.82, 2.24) is 0 Å². The predicted octanol–water partition coefficient (Wildman–Crippen LogP) is 3.54. The number of nitrogens with one attached hydrogen (secondary N) is 2. The molecule has 0 aromatic heterocycles. The molecule has 0 spiro atoms. The summed E-state index contributed by atoms with van der Waals surface area (Å²) in [5, 5.41) is 23.5. The molecule has 144 valence electrons. The Morgan fingerprint density at radius 1 is 0.840 bits per heavy atom. The first-order valence-electron chi connectivity index (χ1n) is 9.86. The van der Waals surface area contributed by atoms with E-state index in [2.05, 4.69) is 6.92 Å². The van der Waals surface area contributed by atoms with Crippen LogP contribution < -0.4 is 5.73 Å². The van der Waals surface area contributed by atoms with Crippen LogP contribution in [0.15, 0.2) is 0 Å². The summed E-state index contributed by atoms with van der Waals surface area (Å²) in [7, 11) is 1.70. The molecule has 0 rings (SSSR count). The second kappa shape index (κ2) is 18.1. The van der Waals surface area contributed by atoms with Gasteiger partial charge in [-0.1, -0.05) is 19.8 Å². The van der Waals surface area contributed by atoms with Crippen LogP contribution >= 0.6 is 0 Å². The summed E-state index contributed by atoms with van der Waals surface area (Å²) in [6.07, 6.45) is 13.7. The molecule has 0 saturated heterocycles. The quantitative estimate of drug-likeness (QED) is 0.210. The Labute approximate surface area is 154 Å². The Morgan fingerprint density at radius 2 is 1.32 bits per heavy atom. The SMILES string of the molecule is CCCCCCCCCCCCC[C@@H](OB=N)[C@@H](OB=N)[C@@H](N)CO. The van der Waals surface area contributed by atoms with Gasteiger partial charge in [0.15, 0.2) is 0 Å². The van der Waals surface area contributed by atoms with Crippen molar-refractivity contribution in [2.45, 2.75) is 102 Å². The molecule has 0 aliphatic carbocycles. The van der Waals surface area contributed by atoms with Gasteiger partial charge in [0.1, 0.15) is 0 Å². The van der Waals surface area contributed by atoms with E-state index in [4.69, 9.17) is 25.7 Å². The summed E-state index contributed by atoms with van der Waals surface area (Å²) in [4.78, 5) is 0. The maximum absolute atomic E-state index is 9.22. The molecular weight excluding hydrogens is 316 g/mol. The fourth-order valence-electron chi connectivity index (χ4n) is 3.05. The van der Waals surface area contributed by atoms with Gasteiger partial charge < -0.3 is 0 Å². The van der Waals surface area contributed by atoms with E-state index < -0.39 is 18.2 Å². The molecule has 0 saturated carbocycles. The van der Waals surface area contributed by atoms with Crippen molar-refractivity contribution in [3.63, 3.8) is 0 Å². The molecule has 0 aromatic carbocycles. The van der Waals surface area contributed by atoms with E-state index in [-0.39, 0.29) is 6.61 Å². The standard InChI is InChI=1S/C17H37B2N3O3/c1-2-3-4-5-6-7-8-9-10-11-12-13-16(24-18-21)17(25-19-22)15(20)14-23/h15-17,21-23H,2-14,20H2,1H3/t15-,16+,17-/m0/s1. The number of aliphatic hydroxyl groups excluding tert-OH is 1. The summed E-state index contributed by atoms with van der Waals surface area (Å²) < 4.78 is 10.5. The van der Waals surface area contributed by atoms with Crippen LogP contribution in [0.3, 0.4) is 0 Å². The molecule has 3 atom stereocenters. The van der Waals surface area contributed by atoms with Gasteiger partial charge in [0.2, 0.25) is 0 Å². The van der Waals surface area contributed by atoms with Crippen LogP contribution in [0.2, 0.25) is 0 Å². The molecule has 0 aromatic rings. The second-order valence-corrected chi connectivity index (χ2v) is 6.68. The molecule has 0 amide bonds. The van der Waals surface area contributed by atoms with Crippen molar-refractivity contribution in [3.05, 3.63) is 0 Å². The van der Waals surface area contributed by atoms with Gasteiger partial charge in [-0.15, -0.1) is 0 Å². The molecular formula is C17H37B2N3O3. The Hall–Kier alpha value is -0.750. The third kappa shape index (κ3) is 13.2. The van der Waals surface area contributed by atoms with Crippen molar-refractivity contribution >= 4 is 14.5 Å².